The molecule has 0 aliphatic rings. The quantitative estimate of drug-likeness (QED) is 0.261. The van der Waals surface area contributed by atoms with E-state index >= 15 is 0 Å². The Morgan fingerprint density at radius 2 is 1.87 bits per heavy atom. The maximum atomic E-state index is 4.45. The van der Waals surface area contributed by atoms with Crippen molar-refractivity contribution in [1.82, 2.24) is 20.5 Å². The summed E-state index contributed by atoms with van der Waals surface area (Å²) < 4.78 is 0. The minimum Gasteiger partial charge on any atom is -0.356 e. The van der Waals surface area contributed by atoms with Crippen LogP contribution in [0.1, 0.15) is 42.3 Å². The molecule has 0 amide bonds. The second-order valence-corrected chi connectivity index (χ2v) is 6.62. The molecule has 1 heterocycles. The van der Waals surface area contributed by atoms with Gasteiger partial charge in [-0.3, -0.25) is 4.99 Å². The first-order chi connectivity index (χ1) is 10.6. The molecule has 7 heteroatoms. The molecule has 0 saturated carbocycles. The SMILES string of the molecule is CCN(CC)CCCCNC(=NC)NCc1sc(C)nc1C.I. The highest BCUT2D eigenvalue weighted by Crippen LogP contribution is 2.16. The highest BCUT2D eigenvalue weighted by atomic mass is 127. The molecular weight excluding hydrogens is 421 g/mol. The summed E-state index contributed by atoms with van der Waals surface area (Å²) >= 11 is 1.75. The van der Waals surface area contributed by atoms with Gasteiger partial charge in [-0.05, 0) is 46.3 Å². The summed E-state index contributed by atoms with van der Waals surface area (Å²) in [6.07, 6.45) is 2.38. The summed E-state index contributed by atoms with van der Waals surface area (Å²) in [5.74, 6) is 0.869. The second kappa shape index (κ2) is 12.9. The predicted octanol–water partition coefficient (Wildman–Crippen LogP) is 3.16. The van der Waals surface area contributed by atoms with Crippen molar-refractivity contribution in [2.45, 2.75) is 47.1 Å². The van der Waals surface area contributed by atoms with Crippen LogP contribution in [0, 0.1) is 13.8 Å². The van der Waals surface area contributed by atoms with E-state index in [0.717, 1.165) is 49.3 Å². The van der Waals surface area contributed by atoms with Gasteiger partial charge in [-0.1, -0.05) is 13.8 Å². The molecular formula is C16H32IN5S. The van der Waals surface area contributed by atoms with Gasteiger partial charge in [-0.25, -0.2) is 4.98 Å². The van der Waals surface area contributed by atoms with Crippen LogP contribution >= 0.6 is 35.3 Å². The lowest BCUT2D eigenvalue weighted by Crippen LogP contribution is -2.37. The summed E-state index contributed by atoms with van der Waals surface area (Å²) in [4.78, 5) is 12.5. The third-order valence-electron chi connectivity index (χ3n) is 3.73. The fraction of sp³-hybridized carbons (Fsp3) is 0.750. The first-order valence-corrected chi connectivity index (χ1v) is 9.02. The Morgan fingerprint density at radius 3 is 2.39 bits per heavy atom. The summed E-state index contributed by atoms with van der Waals surface area (Å²) in [6.45, 7) is 13.8. The molecule has 23 heavy (non-hydrogen) atoms. The van der Waals surface area contributed by atoms with Crippen LogP contribution in [0.5, 0.6) is 0 Å². The maximum Gasteiger partial charge on any atom is 0.191 e. The van der Waals surface area contributed by atoms with E-state index in [4.69, 9.17) is 0 Å². The van der Waals surface area contributed by atoms with Crippen molar-refractivity contribution in [2.75, 3.05) is 33.2 Å². The molecule has 0 fully saturated rings. The number of nitrogens with one attached hydrogen (secondary N) is 2. The Hall–Kier alpha value is -0.410. The summed E-state index contributed by atoms with van der Waals surface area (Å²) in [5, 5.41) is 7.86. The van der Waals surface area contributed by atoms with Crippen molar-refractivity contribution >= 4 is 41.3 Å². The van der Waals surface area contributed by atoms with Crippen LogP contribution in [0.3, 0.4) is 0 Å². The molecule has 2 N–H and O–H groups in total. The minimum absolute atomic E-state index is 0. The van der Waals surface area contributed by atoms with Gasteiger partial charge in [-0.2, -0.15) is 0 Å². The zero-order valence-electron chi connectivity index (χ0n) is 15.1. The van der Waals surface area contributed by atoms with Crippen LogP contribution in [0.25, 0.3) is 0 Å². The van der Waals surface area contributed by atoms with Crippen molar-refractivity contribution < 1.29 is 0 Å². The largest absolute Gasteiger partial charge is 0.356 e. The van der Waals surface area contributed by atoms with E-state index in [0.29, 0.717) is 0 Å². The van der Waals surface area contributed by atoms with Gasteiger partial charge in [0.1, 0.15) is 0 Å². The fourth-order valence-corrected chi connectivity index (χ4v) is 3.21. The Balaban J connectivity index is 0.00000484. The molecule has 0 spiro atoms. The Bertz CT molecular complexity index is 457. The third kappa shape index (κ3) is 8.85. The number of rotatable bonds is 9. The van der Waals surface area contributed by atoms with E-state index < -0.39 is 0 Å². The van der Waals surface area contributed by atoms with Crippen molar-refractivity contribution in [2.24, 2.45) is 4.99 Å². The normalized spacial score (nSPS) is 11.5. The lowest BCUT2D eigenvalue weighted by molar-refractivity contribution is 0.297. The minimum atomic E-state index is 0. The average molecular weight is 453 g/mol. The van der Waals surface area contributed by atoms with E-state index in [9.17, 15) is 0 Å². The first kappa shape index (κ1) is 22.6. The number of guanidine groups is 1. The number of aliphatic imine (C=N–C) groups is 1. The Labute approximate surface area is 162 Å². The lowest BCUT2D eigenvalue weighted by atomic mass is 10.3. The van der Waals surface area contributed by atoms with Crippen molar-refractivity contribution in [3.63, 3.8) is 0 Å². The molecule has 0 aromatic carbocycles. The number of aromatic nitrogens is 1. The Morgan fingerprint density at radius 1 is 1.17 bits per heavy atom. The summed E-state index contributed by atoms with van der Waals surface area (Å²) in [6, 6.07) is 0. The Kier molecular flexibility index (Phi) is 12.7. The van der Waals surface area contributed by atoms with E-state index in [1.54, 1.807) is 11.3 Å². The molecule has 134 valence electrons. The van der Waals surface area contributed by atoms with Gasteiger partial charge < -0.3 is 15.5 Å². The highest BCUT2D eigenvalue weighted by Gasteiger charge is 2.05. The number of thiazole rings is 1. The topological polar surface area (TPSA) is 52.5 Å². The van der Waals surface area contributed by atoms with Crippen LogP contribution in [0.15, 0.2) is 4.99 Å². The molecule has 0 saturated heterocycles. The molecule has 1 rings (SSSR count). The zero-order chi connectivity index (χ0) is 16.4. The average Bonchev–Trinajstić information content (AvgIpc) is 2.84. The zero-order valence-corrected chi connectivity index (χ0v) is 18.3. The predicted molar refractivity (Wildman–Crippen MR) is 112 cm³/mol. The number of halogens is 1. The van der Waals surface area contributed by atoms with Crippen LogP contribution < -0.4 is 10.6 Å². The van der Waals surface area contributed by atoms with Crippen molar-refractivity contribution in [1.29, 1.82) is 0 Å². The third-order valence-corrected chi connectivity index (χ3v) is 4.80. The molecule has 0 unspecified atom stereocenters. The molecule has 0 aliphatic carbocycles. The molecule has 0 aliphatic heterocycles. The summed E-state index contributed by atoms with van der Waals surface area (Å²) in [7, 11) is 1.82. The van der Waals surface area contributed by atoms with Crippen LogP contribution in [-0.2, 0) is 6.54 Å². The number of unbranched alkanes of at least 4 members (excludes halogenated alkanes) is 1. The van der Waals surface area contributed by atoms with E-state index in [1.807, 2.05) is 14.0 Å². The number of aryl methyl sites for hydroxylation is 2. The van der Waals surface area contributed by atoms with Crippen molar-refractivity contribution in [3.05, 3.63) is 15.6 Å². The van der Waals surface area contributed by atoms with Gasteiger partial charge in [0.25, 0.3) is 0 Å². The van der Waals surface area contributed by atoms with Gasteiger partial charge in [0.15, 0.2) is 5.96 Å². The first-order valence-electron chi connectivity index (χ1n) is 8.20. The molecule has 1 aromatic rings. The maximum absolute atomic E-state index is 4.45. The monoisotopic (exact) mass is 453 g/mol. The van der Waals surface area contributed by atoms with Gasteiger partial charge in [-0.15, -0.1) is 35.3 Å². The number of nitrogens with zero attached hydrogens (tertiary/aromatic N) is 3. The van der Waals surface area contributed by atoms with Gasteiger partial charge in [0.2, 0.25) is 0 Å². The molecule has 0 bridgehead atoms. The number of hydrogen-bond acceptors (Lipinski definition) is 4. The lowest BCUT2D eigenvalue weighted by Gasteiger charge is -2.18. The van der Waals surface area contributed by atoms with E-state index in [2.05, 4.69) is 46.3 Å². The van der Waals surface area contributed by atoms with E-state index in [1.165, 1.54) is 17.8 Å². The van der Waals surface area contributed by atoms with Crippen LogP contribution in [0.2, 0.25) is 0 Å². The smallest absolute Gasteiger partial charge is 0.191 e. The van der Waals surface area contributed by atoms with E-state index in [-0.39, 0.29) is 24.0 Å². The second-order valence-electron chi connectivity index (χ2n) is 5.33. The molecule has 0 radical (unpaired) electrons. The molecule has 1 aromatic heterocycles. The van der Waals surface area contributed by atoms with Gasteiger partial charge >= 0.3 is 0 Å². The standard InChI is InChI=1S/C16H31N5S.HI/c1-6-21(7-2)11-9-8-10-18-16(17-5)19-12-15-13(3)20-14(4)22-15;/h6-12H2,1-5H3,(H2,17,18,19);1H. The van der Waals surface area contributed by atoms with Crippen molar-refractivity contribution in [3.8, 4) is 0 Å². The fourth-order valence-electron chi connectivity index (χ4n) is 2.33. The van der Waals surface area contributed by atoms with Crippen LogP contribution in [-0.4, -0.2) is 49.1 Å². The highest BCUT2D eigenvalue weighted by molar-refractivity contribution is 14.0. The summed E-state index contributed by atoms with van der Waals surface area (Å²) in [5.41, 5.74) is 1.12. The molecule has 5 nitrogen and oxygen atoms in total. The van der Waals surface area contributed by atoms with Gasteiger partial charge in [0.05, 0.1) is 17.2 Å². The van der Waals surface area contributed by atoms with Gasteiger partial charge in [0, 0.05) is 18.5 Å². The molecule has 0 atom stereocenters. The number of hydrogen-bond donors (Lipinski definition) is 2. The van der Waals surface area contributed by atoms with Crippen LogP contribution in [0.4, 0.5) is 0 Å².